The van der Waals surface area contributed by atoms with Crippen LogP contribution in [0.3, 0.4) is 0 Å². The second-order valence-corrected chi connectivity index (χ2v) is 6.53. The molecule has 132 valence electrons. The number of halogens is 1. The third kappa shape index (κ3) is 4.12. The Morgan fingerprint density at radius 2 is 1.81 bits per heavy atom. The minimum Gasteiger partial charge on any atom is -0.326 e. The SMILES string of the molecule is CC(=O)Nc1ccc(-c2csc(-c3cccc(F)c3)n2)c(NC(C)=O)c1. The van der Waals surface area contributed by atoms with Crippen molar-refractivity contribution in [2.45, 2.75) is 13.8 Å². The summed E-state index contributed by atoms with van der Waals surface area (Å²) in [5, 5.41) is 7.97. The third-order valence-electron chi connectivity index (χ3n) is 3.50. The summed E-state index contributed by atoms with van der Waals surface area (Å²) >= 11 is 1.39. The molecule has 0 aliphatic rings. The van der Waals surface area contributed by atoms with E-state index < -0.39 is 0 Å². The van der Waals surface area contributed by atoms with E-state index in [1.807, 2.05) is 5.38 Å². The van der Waals surface area contributed by atoms with E-state index in [1.165, 1.54) is 37.3 Å². The summed E-state index contributed by atoms with van der Waals surface area (Å²) in [6.45, 7) is 2.83. The minimum absolute atomic E-state index is 0.200. The molecule has 0 aliphatic carbocycles. The Bertz CT molecular complexity index is 984. The summed E-state index contributed by atoms with van der Waals surface area (Å²) in [6, 6.07) is 11.4. The topological polar surface area (TPSA) is 71.1 Å². The smallest absolute Gasteiger partial charge is 0.221 e. The van der Waals surface area contributed by atoms with Crippen molar-refractivity contribution in [1.29, 1.82) is 0 Å². The fraction of sp³-hybridized carbons (Fsp3) is 0.105. The van der Waals surface area contributed by atoms with Gasteiger partial charge in [0.25, 0.3) is 0 Å². The molecule has 2 aromatic carbocycles. The lowest BCUT2D eigenvalue weighted by molar-refractivity contribution is -0.115. The molecular weight excluding hydrogens is 353 g/mol. The highest BCUT2D eigenvalue weighted by Crippen LogP contribution is 2.34. The van der Waals surface area contributed by atoms with Gasteiger partial charge in [-0.25, -0.2) is 9.37 Å². The van der Waals surface area contributed by atoms with Gasteiger partial charge < -0.3 is 10.6 Å². The van der Waals surface area contributed by atoms with Crippen molar-refractivity contribution in [2.75, 3.05) is 10.6 Å². The molecule has 0 bridgehead atoms. The van der Waals surface area contributed by atoms with Gasteiger partial charge in [-0.3, -0.25) is 9.59 Å². The van der Waals surface area contributed by atoms with Crippen molar-refractivity contribution in [1.82, 2.24) is 4.98 Å². The van der Waals surface area contributed by atoms with Crippen LogP contribution in [0, 0.1) is 5.82 Å². The lowest BCUT2D eigenvalue weighted by atomic mass is 10.1. The molecule has 2 N–H and O–H groups in total. The number of rotatable bonds is 4. The predicted molar refractivity (Wildman–Crippen MR) is 102 cm³/mol. The molecule has 26 heavy (non-hydrogen) atoms. The van der Waals surface area contributed by atoms with Gasteiger partial charge in [0.05, 0.1) is 11.4 Å². The van der Waals surface area contributed by atoms with Crippen molar-refractivity contribution < 1.29 is 14.0 Å². The number of anilines is 2. The fourth-order valence-electron chi connectivity index (χ4n) is 2.49. The van der Waals surface area contributed by atoms with Crippen molar-refractivity contribution in [3.63, 3.8) is 0 Å². The summed E-state index contributed by atoms with van der Waals surface area (Å²) < 4.78 is 13.4. The minimum atomic E-state index is -0.321. The molecule has 0 spiro atoms. The number of benzene rings is 2. The predicted octanol–water partition coefficient (Wildman–Crippen LogP) is 4.53. The maximum absolute atomic E-state index is 13.4. The van der Waals surface area contributed by atoms with E-state index in [0.717, 1.165) is 0 Å². The van der Waals surface area contributed by atoms with Crippen molar-refractivity contribution in [2.24, 2.45) is 0 Å². The number of hydrogen-bond acceptors (Lipinski definition) is 4. The fourth-order valence-corrected chi connectivity index (χ4v) is 3.31. The zero-order chi connectivity index (χ0) is 18.7. The molecule has 5 nitrogen and oxygen atoms in total. The molecule has 0 radical (unpaired) electrons. The average Bonchev–Trinajstić information content (AvgIpc) is 3.04. The summed E-state index contributed by atoms with van der Waals surface area (Å²) in [4.78, 5) is 27.3. The lowest BCUT2D eigenvalue weighted by Gasteiger charge is -2.11. The molecule has 0 saturated heterocycles. The number of aromatic nitrogens is 1. The van der Waals surface area contributed by atoms with Crippen LogP contribution >= 0.6 is 11.3 Å². The van der Waals surface area contributed by atoms with Gasteiger partial charge in [-0.15, -0.1) is 11.3 Å². The normalized spacial score (nSPS) is 10.4. The standard InChI is InChI=1S/C19H16FN3O2S/c1-11(24)21-15-6-7-16(17(9-15)22-12(2)25)18-10-26-19(23-18)13-4-3-5-14(20)8-13/h3-10H,1-2H3,(H,21,24)(H,22,25). The van der Waals surface area contributed by atoms with Crippen molar-refractivity contribution in [3.8, 4) is 21.8 Å². The van der Waals surface area contributed by atoms with Crippen LogP contribution in [0.2, 0.25) is 0 Å². The molecule has 2 amide bonds. The summed E-state index contributed by atoms with van der Waals surface area (Å²) in [5.41, 5.74) is 3.18. The summed E-state index contributed by atoms with van der Waals surface area (Å²) in [5.74, 6) is -0.752. The number of carbonyl (C=O) groups is 2. The van der Waals surface area contributed by atoms with Crippen LogP contribution in [-0.2, 0) is 9.59 Å². The van der Waals surface area contributed by atoms with E-state index in [1.54, 1.807) is 30.3 Å². The van der Waals surface area contributed by atoms with Crippen molar-refractivity contribution >= 4 is 34.5 Å². The molecule has 1 heterocycles. The Morgan fingerprint density at radius 1 is 1.04 bits per heavy atom. The molecule has 3 rings (SSSR count). The third-order valence-corrected chi connectivity index (χ3v) is 4.39. The Balaban J connectivity index is 2.00. The van der Waals surface area contributed by atoms with Crippen LogP contribution in [0.5, 0.6) is 0 Å². The zero-order valence-corrected chi connectivity index (χ0v) is 15.0. The first-order chi connectivity index (χ1) is 12.4. The highest BCUT2D eigenvalue weighted by atomic mass is 32.1. The van der Waals surface area contributed by atoms with Crippen LogP contribution in [0.4, 0.5) is 15.8 Å². The van der Waals surface area contributed by atoms with E-state index in [-0.39, 0.29) is 17.6 Å². The first kappa shape index (κ1) is 17.8. The van der Waals surface area contributed by atoms with Gasteiger partial charge in [0.15, 0.2) is 0 Å². The second-order valence-electron chi connectivity index (χ2n) is 5.67. The van der Waals surface area contributed by atoms with Gasteiger partial charge in [0.1, 0.15) is 10.8 Å². The van der Waals surface area contributed by atoms with E-state index >= 15 is 0 Å². The van der Waals surface area contributed by atoms with E-state index in [9.17, 15) is 14.0 Å². The summed E-state index contributed by atoms with van der Waals surface area (Å²) in [7, 11) is 0. The molecule has 0 unspecified atom stereocenters. The Morgan fingerprint density at radius 3 is 2.50 bits per heavy atom. The number of nitrogens with one attached hydrogen (secondary N) is 2. The molecule has 0 atom stereocenters. The van der Waals surface area contributed by atoms with Gasteiger partial charge in [-0.1, -0.05) is 12.1 Å². The van der Waals surface area contributed by atoms with Crippen LogP contribution in [0.1, 0.15) is 13.8 Å². The molecule has 7 heteroatoms. The lowest BCUT2D eigenvalue weighted by Crippen LogP contribution is -2.09. The van der Waals surface area contributed by atoms with Gasteiger partial charge >= 0.3 is 0 Å². The van der Waals surface area contributed by atoms with Crippen molar-refractivity contribution in [3.05, 3.63) is 53.7 Å². The summed E-state index contributed by atoms with van der Waals surface area (Å²) in [6.07, 6.45) is 0. The Kier molecular flexibility index (Phi) is 5.09. The van der Waals surface area contributed by atoms with Crippen LogP contribution in [0.15, 0.2) is 47.8 Å². The first-order valence-corrected chi connectivity index (χ1v) is 8.71. The molecule has 0 fully saturated rings. The highest BCUT2D eigenvalue weighted by Gasteiger charge is 2.13. The molecule has 3 aromatic rings. The number of hydrogen-bond donors (Lipinski definition) is 2. The number of amides is 2. The van der Waals surface area contributed by atoms with Crippen LogP contribution in [-0.4, -0.2) is 16.8 Å². The quantitative estimate of drug-likeness (QED) is 0.710. The number of nitrogens with zero attached hydrogens (tertiary/aromatic N) is 1. The van der Waals surface area contributed by atoms with Crippen LogP contribution in [0.25, 0.3) is 21.8 Å². The number of thiazole rings is 1. The van der Waals surface area contributed by atoms with Crippen LogP contribution < -0.4 is 10.6 Å². The molecule has 0 saturated carbocycles. The van der Waals surface area contributed by atoms with E-state index in [4.69, 9.17) is 0 Å². The molecular formula is C19H16FN3O2S. The van der Waals surface area contributed by atoms with Gasteiger partial charge in [0, 0.05) is 36.0 Å². The average molecular weight is 369 g/mol. The monoisotopic (exact) mass is 369 g/mol. The van der Waals surface area contributed by atoms with Gasteiger partial charge in [-0.2, -0.15) is 0 Å². The number of carbonyl (C=O) groups excluding carboxylic acids is 2. The molecule has 0 aliphatic heterocycles. The van der Waals surface area contributed by atoms with E-state index in [2.05, 4.69) is 15.6 Å². The highest BCUT2D eigenvalue weighted by molar-refractivity contribution is 7.13. The maximum Gasteiger partial charge on any atom is 0.221 e. The van der Waals surface area contributed by atoms with Gasteiger partial charge in [0.2, 0.25) is 11.8 Å². The second kappa shape index (κ2) is 7.45. The maximum atomic E-state index is 13.4. The Labute approximate surface area is 153 Å². The van der Waals surface area contributed by atoms with E-state index in [0.29, 0.717) is 33.2 Å². The first-order valence-electron chi connectivity index (χ1n) is 7.83. The van der Waals surface area contributed by atoms with Gasteiger partial charge in [-0.05, 0) is 30.3 Å². The molecule has 1 aromatic heterocycles. The zero-order valence-electron chi connectivity index (χ0n) is 14.2. The largest absolute Gasteiger partial charge is 0.326 e. The Hall–Kier alpha value is -3.06.